The van der Waals surface area contributed by atoms with Crippen molar-refractivity contribution in [2.75, 3.05) is 13.6 Å². The first-order chi connectivity index (χ1) is 8.11. The Morgan fingerprint density at radius 1 is 1.33 bits per heavy atom. The lowest BCUT2D eigenvalue weighted by Gasteiger charge is -2.12. The summed E-state index contributed by atoms with van der Waals surface area (Å²) in [6.07, 6.45) is 1.17. The first-order valence-electron chi connectivity index (χ1n) is 6.11. The molecule has 0 amide bonds. The number of rotatable bonds is 5. The summed E-state index contributed by atoms with van der Waals surface area (Å²) in [4.78, 5) is 6.90. The number of aryl methyl sites for hydroxylation is 1. The van der Waals surface area contributed by atoms with Crippen LogP contribution >= 0.6 is 35.3 Å². The van der Waals surface area contributed by atoms with E-state index in [2.05, 4.69) is 48.5 Å². The van der Waals surface area contributed by atoms with Gasteiger partial charge in [-0.3, -0.25) is 4.99 Å². The molecule has 0 bridgehead atoms. The van der Waals surface area contributed by atoms with E-state index >= 15 is 0 Å². The fraction of sp³-hybridized carbons (Fsp3) is 0.615. The van der Waals surface area contributed by atoms with Gasteiger partial charge in [0.25, 0.3) is 0 Å². The van der Waals surface area contributed by atoms with E-state index in [0.717, 1.165) is 25.0 Å². The van der Waals surface area contributed by atoms with Gasteiger partial charge in [0.1, 0.15) is 0 Å². The van der Waals surface area contributed by atoms with Crippen LogP contribution < -0.4 is 10.6 Å². The molecule has 3 nitrogen and oxygen atoms in total. The largest absolute Gasteiger partial charge is 0.356 e. The van der Waals surface area contributed by atoms with Crippen molar-refractivity contribution in [3.05, 3.63) is 21.9 Å². The van der Waals surface area contributed by atoms with Crippen molar-refractivity contribution in [2.45, 2.75) is 33.7 Å². The van der Waals surface area contributed by atoms with Crippen LogP contribution in [0.3, 0.4) is 0 Å². The zero-order valence-electron chi connectivity index (χ0n) is 11.6. The molecule has 0 atom stereocenters. The highest BCUT2D eigenvalue weighted by Gasteiger charge is 2.00. The molecule has 0 saturated carbocycles. The van der Waals surface area contributed by atoms with E-state index in [0.29, 0.717) is 0 Å². The summed E-state index contributed by atoms with van der Waals surface area (Å²) in [5.41, 5.74) is 0. The maximum Gasteiger partial charge on any atom is 0.191 e. The number of thiophene rings is 1. The van der Waals surface area contributed by atoms with Crippen molar-refractivity contribution < 1.29 is 0 Å². The van der Waals surface area contributed by atoms with E-state index in [1.807, 2.05) is 18.4 Å². The minimum Gasteiger partial charge on any atom is -0.356 e. The van der Waals surface area contributed by atoms with Gasteiger partial charge in [-0.25, -0.2) is 0 Å². The Hall–Kier alpha value is -0.300. The lowest BCUT2D eigenvalue weighted by Crippen LogP contribution is -2.37. The van der Waals surface area contributed by atoms with Crippen LogP contribution in [0.2, 0.25) is 0 Å². The Balaban J connectivity index is 0.00000289. The van der Waals surface area contributed by atoms with Gasteiger partial charge < -0.3 is 10.6 Å². The van der Waals surface area contributed by atoms with E-state index in [1.54, 1.807) is 0 Å². The molecule has 2 N–H and O–H groups in total. The van der Waals surface area contributed by atoms with E-state index in [9.17, 15) is 0 Å². The first kappa shape index (κ1) is 17.7. The van der Waals surface area contributed by atoms with Crippen LogP contribution in [0.25, 0.3) is 0 Å². The van der Waals surface area contributed by atoms with Gasteiger partial charge in [-0.05, 0) is 31.4 Å². The van der Waals surface area contributed by atoms with Crippen LogP contribution in [0.15, 0.2) is 17.1 Å². The molecular formula is C13H24IN3S. The third-order valence-electron chi connectivity index (χ3n) is 2.46. The van der Waals surface area contributed by atoms with Crippen LogP contribution in [0.4, 0.5) is 0 Å². The topological polar surface area (TPSA) is 36.4 Å². The van der Waals surface area contributed by atoms with Gasteiger partial charge in [0.15, 0.2) is 5.96 Å². The summed E-state index contributed by atoms with van der Waals surface area (Å²) in [6.45, 7) is 8.41. The monoisotopic (exact) mass is 381 g/mol. The molecule has 0 unspecified atom stereocenters. The molecule has 0 fully saturated rings. The smallest absolute Gasteiger partial charge is 0.191 e. The number of aliphatic imine (C=N–C) groups is 1. The third-order valence-corrected chi connectivity index (χ3v) is 3.46. The average molecular weight is 381 g/mol. The molecule has 1 aromatic heterocycles. The standard InChI is InChI=1S/C13H23N3S.HI/c1-10(2)7-8-15-13(14-4)16-9-12-6-5-11(3)17-12;/h5-6,10H,7-9H2,1-4H3,(H2,14,15,16);1H. The number of nitrogens with one attached hydrogen (secondary N) is 2. The minimum atomic E-state index is 0. The van der Waals surface area contributed by atoms with Crippen molar-refractivity contribution in [1.29, 1.82) is 0 Å². The van der Waals surface area contributed by atoms with Crippen molar-refractivity contribution in [3.63, 3.8) is 0 Å². The van der Waals surface area contributed by atoms with Crippen LogP contribution in [-0.2, 0) is 6.54 Å². The second kappa shape index (κ2) is 9.61. The van der Waals surface area contributed by atoms with Gasteiger partial charge in [0, 0.05) is 23.3 Å². The molecule has 0 spiro atoms. The number of halogens is 1. The number of nitrogens with zero attached hydrogens (tertiary/aromatic N) is 1. The summed E-state index contributed by atoms with van der Waals surface area (Å²) in [6, 6.07) is 4.31. The normalized spacial score (nSPS) is 11.3. The van der Waals surface area contributed by atoms with Crippen LogP contribution in [0.1, 0.15) is 30.0 Å². The Kier molecular flexibility index (Phi) is 9.45. The molecule has 104 valence electrons. The van der Waals surface area contributed by atoms with Crippen LogP contribution in [-0.4, -0.2) is 19.6 Å². The van der Waals surface area contributed by atoms with Gasteiger partial charge in [0.2, 0.25) is 0 Å². The van der Waals surface area contributed by atoms with Gasteiger partial charge in [0.05, 0.1) is 6.54 Å². The minimum absolute atomic E-state index is 0. The molecule has 0 aliphatic rings. The Bertz CT molecular complexity index is 361. The van der Waals surface area contributed by atoms with Crippen LogP contribution in [0.5, 0.6) is 0 Å². The lowest BCUT2D eigenvalue weighted by atomic mass is 10.1. The maximum absolute atomic E-state index is 4.21. The lowest BCUT2D eigenvalue weighted by molar-refractivity contribution is 0.574. The molecule has 1 aromatic rings. The highest BCUT2D eigenvalue weighted by molar-refractivity contribution is 14.0. The van der Waals surface area contributed by atoms with Gasteiger partial charge in [-0.1, -0.05) is 13.8 Å². The molecule has 0 aromatic carbocycles. The van der Waals surface area contributed by atoms with E-state index in [1.165, 1.54) is 16.2 Å². The Morgan fingerprint density at radius 3 is 2.56 bits per heavy atom. The van der Waals surface area contributed by atoms with Gasteiger partial charge in [-0.2, -0.15) is 0 Å². The van der Waals surface area contributed by atoms with Crippen molar-refractivity contribution in [2.24, 2.45) is 10.9 Å². The zero-order valence-corrected chi connectivity index (χ0v) is 14.8. The Morgan fingerprint density at radius 2 is 2.06 bits per heavy atom. The maximum atomic E-state index is 4.21. The summed E-state index contributed by atoms with van der Waals surface area (Å²) < 4.78 is 0. The SMILES string of the molecule is CN=C(NCCC(C)C)NCc1ccc(C)s1.I. The first-order valence-corrected chi connectivity index (χ1v) is 6.93. The fourth-order valence-corrected chi connectivity index (χ4v) is 2.28. The fourth-order valence-electron chi connectivity index (χ4n) is 1.45. The predicted octanol–water partition coefficient (Wildman–Crippen LogP) is 3.39. The van der Waals surface area contributed by atoms with E-state index < -0.39 is 0 Å². The highest BCUT2D eigenvalue weighted by atomic mass is 127. The van der Waals surface area contributed by atoms with Crippen molar-refractivity contribution in [3.8, 4) is 0 Å². The Labute approximate surface area is 131 Å². The van der Waals surface area contributed by atoms with Gasteiger partial charge >= 0.3 is 0 Å². The summed E-state index contributed by atoms with van der Waals surface area (Å²) in [5.74, 6) is 1.61. The molecule has 0 aliphatic carbocycles. The van der Waals surface area contributed by atoms with E-state index in [-0.39, 0.29) is 24.0 Å². The molecule has 0 radical (unpaired) electrons. The van der Waals surface area contributed by atoms with Crippen LogP contribution in [0, 0.1) is 12.8 Å². The molecule has 1 heterocycles. The number of guanidine groups is 1. The quantitative estimate of drug-likeness (QED) is 0.466. The van der Waals surface area contributed by atoms with Gasteiger partial charge in [-0.15, -0.1) is 35.3 Å². The zero-order chi connectivity index (χ0) is 12.7. The third kappa shape index (κ3) is 7.20. The number of hydrogen-bond donors (Lipinski definition) is 2. The average Bonchev–Trinajstić information content (AvgIpc) is 2.69. The molecule has 1 rings (SSSR count). The van der Waals surface area contributed by atoms with Crippen molar-refractivity contribution >= 4 is 41.3 Å². The van der Waals surface area contributed by atoms with E-state index in [4.69, 9.17) is 0 Å². The molecule has 18 heavy (non-hydrogen) atoms. The second-order valence-corrected chi connectivity index (χ2v) is 5.92. The number of hydrogen-bond acceptors (Lipinski definition) is 2. The predicted molar refractivity (Wildman–Crippen MR) is 92.1 cm³/mol. The summed E-state index contributed by atoms with van der Waals surface area (Å²) >= 11 is 1.82. The molecule has 0 saturated heterocycles. The highest BCUT2D eigenvalue weighted by Crippen LogP contribution is 2.14. The summed E-state index contributed by atoms with van der Waals surface area (Å²) in [7, 11) is 1.81. The molecule has 0 aliphatic heterocycles. The molecular weight excluding hydrogens is 357 g/mol. The second-order valence-electron chi connectivity index (χ2n) is 4.55. The van der Waals surface area contributed by atoms with Crippen molar-refractivity contribution in [1.82, 2.24) is 10.6 Å². The molecule has 5 heteroatoms. The summed E-state index contributed by atoms with van der Waals surface area (Å²) in [5, 5.41) is 6.64.